The second-order valence-corrected chi connectivity index (χ2v) is 4.78. The van der Waals surface area contributed by atoms with Crippen LogP contribution in [0, 0.1) is 0 Å². The van der Waals surface area contributed by atoms with Gasteiger partial charge in [0.2, 0.25) is 0 Å². The van der Waals surface area contributed by atoms with Gasteiger partial charge in [0.05, 0.1) is 5.56 Å². The second-order valence-electron chi connectivity index (χ2n) is 4.78. The summed E-state index contributed by atoms with van der Waals surface area (Å²) < 4.78 is 37.1. The van der Waals surface area contributed by atoms with Crippen LogP contribution in [0.4, 0.5) is 13.2 Å². The third-order valence-electron chi connectivity index (χ3n) is 3.25. The number of piperazine rings is 1. The number of halogens is 3. The lowest BCUT2D eigenvalue weighted by atomic mass is 10.2. The van der Waals surface area contributed by atoms with Gasteiger partial charge in [-0.1, -0.05) is 0 Å². The maximum absolute atomic E-state index is 12.4. The maximum atomic E-state index is 12.4. The van der Waals surface area contributed by atoms with E-state index < -0.39 is 17.6 Å². The molecule has 0 radical (unpaired) electrons. The fraction of sp³-hybridized carbons (Fsp3) is 0.538. The Kier molecular flexibility index (Phi) is 5.13. The summed E-state index contributed by atoms with van der Waals surface area (Å²) in [5, 5.41) is 5.89. The van der Waals surface area contributed by atoms with E-state index in [2.05, 4.69) is 20.5 Å². The highest BCUT2D eigenvalue weighted by Crippen LogP contribution is 2.28. The summed E-state index contributed by atoms with van der Waals surface area (Å²) >= 11 is 0. The smallest absolute Gasteiger partial charge is 0.349 e. The van der Waals surface area contributed by atoms with Gasteiger partial charge in [0.15, 0.2) is 0 Å². The van der Waals surface area contributed by atoms with Crippen LogP contribution in [0.25, 0.3) is 0 Å². The van der Waals surface area contributed by atoms with Gasteiger partial charge in [-0.2, -0.15) is 13.2 Å². The average Bonchev–Trinajstić information content (AvgIpc) is 2.47. The Balaban J connectivity index is 1.80. The van der Waals surface area contributed by atoms with E-state index in [0.29, 0.717) is 19.3 Å². The van der Waals surface area contributed by atoms with E-state index in [4.69, 9.17) is 0 Å². The zero-order valence-corrected chi connectivity index (χ0v) is 11.4. The molecule has 0 bridgehead atoms. The van der Waals surface area contributed by atoms with Gasteiger partial charge in [-0.05, 0) is 12.1 Å². The molecule has 2 N–H and O–H groups in total. The fourth-order valence-corrected chi connectivity index (χ4v) is 2.05. The van der Waals surface area contributed by atoms with Crippen LogP contribution >= 0.6 is 0 Å². The van der Waals surface area contributed by atoms with Crippen LogP contribution in [0.2, 0.25) is 0 Å². The molecular formula is C13H17F3N4O. The number of aromatic nitrogens is 1. The fourth-order valence-electron chi connectivity index (χ4n) is 2.05. The van der Waals surface area contributed by atoms with Gasteiger partial charge in [-0.25, -0.2) is 0 Å². The molecule has 2 heterocycles. The van der Waals surface area contributed by atoms with Crippen molar-refractivity contribution in [3.8, 4) is 0 Å². The largest absolute Gasteiger partial charge is 0.417 e. The van der Waals surface area contributed by atoms with Crippen molar-refractivity contribution < 1.29 is 18.0 Å². The molecule has 116 valence electrons. The van der Waals surface area contributed by atoms with Crippen molar-refractivity contribution in [2.75, 3.05) is 39.3 Å². The summed E-state index contributed by atoms with van der Waals surface area (Å²) in [4.78, 5) is 17.5. The summed E-state index contributed by atoms with van der Waals surface area (Å²) in [6.07, 6.45) is -3.77. The van der Waals surface area contributed by atoms with Gasteiger partial charge in [-0.15, -0.1) is 0 Å². The summed E-state index contributed by atoms with van der Waals surface area (Å²) in [6, 6.07) is 1.95. The van der Waals surface area contributed by atoms with E-state index >= 15 is 0 Å². The van der Waals surface area contributed by atoms with E-state index in [1.807, 2.05) is 0 Å². The number of pyridine rings is 1. The predicted octanol–water partition coefficient (Wildman–Crippen LogP) is 0.735. The number of amides is 1. The van der Waals surface area contributed by atoms with Gasteiger partial charge >= 0.3 is 6.18 Å². The van der Waals surface area contributed by atoms with Crippen LogP contribution in [0.3, 0.4) is 0 Å². The third kappa shape index (κ3) is 4.68. The molecule has 21 heavy (non-hydrogen) atoms. The molecule has 5 nitrogen and oxygen atoms in total. The highest BCUT2D eigenvalue weighted by Gasteiger charge is 2.30. The zero-order valence-electron chi connectivity index (χ0n) is 11.4. The number of carbonyl (C=O) groups is 1. The Hall–Kier alpha value is -1.67. The molecule has 1 fully saturated rings. The van der Waals surface area contributed by atoms with Crippen molar-refractivity contribution >= 4 is 5.91 Å². The number of hydrogen-bond acceptors (Lipinski definition) is 4. The minimum atomic E-state index is -4.44. The lowest BCUT2D eigenvalue weighted by Crippen LogP contribution is -2.46. The monoisotopic (exact) mass is 302 g/mol. The van der Waals surface area contributed by atoms with Crippen molar-refractivity contribution in [1.29, 1.82) is 0 Å². The van der Waals surface area contributed by atoms with E-state index in [1.54, 1.807) is 0 Å². The van der Waals surface area contributed by atoms with Crippen molar-refractivity contribution in [1.82, 2.24) is 20.5 Å². The van der Waals surface area contributed by atoms with Gasteiger partial charge in [0.1, 0.15) is 5.69 Å². The van der Waals surface area contributed by atoms with Gasteiger partial charge in [0.25, 0.3) is 5.91 Å². The molecular weight excluding hydrogens is 285 g/mol. The maximum Gasteiger partial charge on any atom is 0.417 e. The molecule has 1 aliphatic rings. The quantitative estimate of drug-likeness (QED) is 0.861. The van der Waals surface area contributed by atoms with Crippen LogP contribution in [0.1, 0.15) is 16.1 Å². The Bertz CT molecular complexity index is 469. The molecule has 1 aliphatic heterocycles. The molecule has 1 saturated heterocycles. The number of carbonyl (C=O) groups excluding carboxylic acids is 1. The zero-order chi connectivity index (χ0) is 15.3. The second kappa shape index (κ2) is 6.86. The first-order chi connectivity index (χ1) is 9.97. The van der Waals surface area contributed by atoms with Crippen molar-refractivity contribution in [3.63, 3.8) is 0 Å². The van der Waals surface area contributed by atoms with Crippen LogP contribution in [-0.2, 0) is 6.18 Å². The SMILES string of the molecule is O=C(NCCN1CCNCC1)c1ccc(C(F)(F)F)cn1. The number of rotatable bonds is 4. The third-order valence-corrected chi connectivity index (χ3v) is 3.25. The molecule has 0 aromatic carbocycles. The van der Waals surface area contributed by atoms with E-state index in [9.17, 15) is 18.0 Å². The molecule has 1 aromatic rings. The van der Waals surface area contributed by atoms with Gasteiger partial charge < -0.3 is 10.6 Å². The average molecular weight is 302 g/mol. The minimum absolute atomic E-state index is 0.0108. The molecule has 2 rings (SSSR count). The van der Waals surface area contributed by atoms with Crippen molar-refractivity contribution in [2.24, 2.45) is 0 Å². The van der Waals surface area contributed by atoms with Crippen LogP contribution in [0.5, 0.6) is 0 Å². The standard InChI is InChI=1S/C13H17F3N4O/c14-13(15,16)10-1-2-11(19-9-10)12(21)18-5-8-20-6-3-17-4-7-20/h1-2,9,17H,3-8H2,(H,18,21). The highest BCUT2D eigenvalue weighted by atomic mass is 19.4. The topological polar surface area (TPSA) is 57.3 Å². The number of nitrogens with one attached hydrogen (secondary N) is 2. The van der Waals surface area contributed by atoms with Crippen molar-refractivity contribution in [3.05, 3.63) is 29.6 Å². The molecule has 8 heteroatoms. The normalized spacial score (nSPS) is 16.7. The first-order valence-electron chi connectivity index (χ1n) is 6.71. The number of hydrogen-bond donors (Lipinski definition) is 2. The van der Waals surface area contributed by atoms with Gasteiger partial charge in [-0.3, -0.25) is 14.7 Å². The first-order valence-corrected chi connectivity index (χ1v) is 6.71. The summed E-state index contributed by atoms with van der Waals surface area (Å²) in [6.45, 7) is 4.86. The Labute approximate surface area is 120 Å². The van der Waals surface area contributed by atoms with E-state index in [0.717, 1.165) is 38.3 Å². The molecule has 0 atom stereocenters. The van der Waals surface area contributed by atoms with Crippen LogP contribution in [-0.4, -0.2) is 55.1 Å². The van der Waals surface area contributed by atoms with Crippen molar-refractivity contribution in [2.45, 2.75) is 6.18 Å². The van der Waals surface area contributed by atoms with E-state index in [-0.39, 0.29) is 5.69 Å². The molecule has 1 aromatic heterocycles. The molecule has 0 aliphatic carbocycles. The summed E-state index contributed by atoms with van der Waals surface area (Å²) in [5.41, 5.74) is -0.872. The Morgan fingerprint density at radius 1 is 1.33 bits per heavy atom. The summed E-state index contributed by atoms with van der Waals surface area (Å²) in [5.74, 6) is -0.459. The lowest BCUT2D eigenvalue weighted by Gasteiger charge is -2.27. The van der Waals surface area contributed by atoms with Crippen LogP contribution in [0.15, 0.2) is 18.3 Å². The summed E-state index contributed by atoms with van der Waals surface area (Å²) in [7, 11) is 0. The van der Waals surface area contributed by atoms with E-state index in [1.165, 1.54) is 0 Å². The number of alkyl halides is 3. The highest BCUT2D eigenvalue weighted by molar-refractivity contribution is 5.92. The lowest BCUT2D eigenvalue weighted by molar-refractivity contribution is -0.137. The molecule has 0 spiro atoms. The predicted molar refractivity (Wildman–Crippen MR) is 70.9 cm³/mol. The molecule has 0 unspecified atom stereocenters. The molecule has 0 saturated carbocycles. The van der Waals surface area contributed by atoms with Crippen LogP contribution < -0.4 is 10.6 Å². The Morgan fingerprint density at radius 2 is 2.05 bits per heavy atom. The minimum Gasteiger partial charge on any atom is -0.349 e. The molecule has 1 amide bonds. The van der Waals surface area contributed by atoms with Gasteiger partial charge in [0, 0.05) is 45.5 Å². The number of nitrogens with zero attached hydrogens (tertiary/aromatic N) is 2. The Morgan fingerprint density at radius 3 is 2.62 bits per heavy atom. The first kappa shape index (κ1) is 15.7.